The van der Waals surface area contributed by atoms with Crippen LogP contribution in [0.1, 0.15) is 18.1 Å². The fraction of sp³-hybridized carbons (Fsp3) is 0.250. The minimum atomic E-state index is 0.799. The van der Waals surface area contributed by atoms with Crippen molar-refractivity contribution in [1.29, 1.82) is 0 Å². The van der Waals surface area contributed by atoms with E-state index in [9.17, 15) is 0 Å². The molecule has 0 fully saturated rings. The lowest BCUT2D eigenvalue weighted by atomic mass is 10.0. The van der Waals surface area contributed by atoms with Gasteiger partial charge in [-0.2, -0.15) is 0 Å². The highest BCUT2D eigenvalue weighted by Gasteiger charge is 2.10. The zero-order chi connectivity index (χ0) is 13.1. The Morgan fingerprint density at radius 2 is 1.72 bits per heavy atom. The third-order valence-corrected chi connectivity index (χ3v) is 3.32. The van der Waals surface area contributed by atoms with Gasteiger partial charge in [-0.15, -0.1) is 0 Å². The summed E-state index contributed by atoms with van der Waals surface area (Å²) in [5.41, 5.74) is 11.7. The van der Waals surface area contributed by atoms with Gasteiger partial charge in [-0.25, -0.2) is 0 Å². The summed E-state index contributed by atoms with van der Waals surface area (Å²) in [6, 6.07) is 14.5. The molecule has 94 valence electrons. The molecular weight excluding hydrogens is 220 g/mol. The van der Waals surface area contributed by atoms with Gasteiger partial charge in [0.2, 0.25) is 0 Å². The lowest BCUT2D eigenvalue weighted by Gasteiger charge is -2.24. The molecular formula is C16H20N2. The van der Waals surface area contributed by atoms with Gasteiger partial charge in [0.1, 0.15) is 0 Å². The maximum atomic E-state index is 5.73. The number of benzene rings is 2. The Kier molecular flexibility index (Phi) is 3.56. The molecule has 0 aliphatic rings. The first-order chi connectivity index (χ1) is 8.63. The van der Waals surface area contributed by atoms with Gasteiger partial charge in [-0.05, 0) is 48.7 Å². The monoisotopic (exact) mass is 240 g/mol. The molecule has 0 aliphatic carbocycles. The molecule has 2 N–H and O–H groups in total. The Bertz CT molecular complexity index is 529. The molecule has 2 aromatic carbocycles. The number of nitrogens with two attached hydrogens (primary N) is 1. The number of hydrogen-bond donors (Lipinski definition) is 1. The summed E-state index contributed by atoms with van der Waals surface area (Å²) in [5, 5.41) is 0. The Hall–Kier alpha value is -1.96. The maximum Gasteiger partial charge on any atom is 0.0470 e. The Morgan fingerprint density at radius 3 is 2.33 bits per heavy atom. The molecule has 0 radical (unpaired) electrons. The number of anilines is 3. The average Bonchev–Trinajstić information content (AvgIpc) is 2.38. The predicted octanol–water partition coefficient (Wildman–Crippen LogP) is 3.91. The van der Waals surface area contributed by atoms with Crippen molar-refractivity contribution in [1.82, 2.24) is 0 Å². The highest BCUT2D eigenvalue weighted by Crippen LogP contribution is 2.30. The summed E-state index contributed by atoms with van der Waals surface area (Å²) >= 11 is 0. The van der Waals surface area contributed by atoms with Crippen LogP contribution in [0, 0.1) is 6.92 Å². The molecule has 2 nitrogen and oxygen atoms in total. The SMILES string of the molecule is CCc1cccc(C)c1N(C)c1ccc(N)cc1. The van der Waals surface area contributed by atoms with Gasteiger partial charge in [0.25, 0.3) is 0 Å². The number of rotatable bonds is 3. The number of nitrogen functional groups attached to an aromatic ring is 1. The van der Waals surface area contributed by atoms with Crippen LogP contribution in [0.3, 0.4) is 0 Å². The van der Waals surface area contributed by atoms with Crippen LogP contribution in [-0.4, -0.2) is 7.05 Å². The standard InChI is InChI=1S/C16H20N2/c1-4-13-7-5-6-12(2)16(13)18(3)15-10-8-14(17)9-11-15/h5-11H,4,17H2,1-3H3. The van der Waals surface area contributed by atoms with Crippen LogP contribution >= 0.6 is 0 Å². The largest absolute Gasteiger partial charge is 0.399 e. The van der Waals surface area contributed by atoms with Crippen molar-refractivity contribution < 1.29 is 0 Å². The Morgan fingerprint density at radius 1 is 1.06 bits per heavy atom. The van der Waals surface area contributed by atoms with Crippen LogP contribution in [0.4, 0.5) is 17.1 Å². The third-order valence-electron chi connectivity index (χ3n) is 3.32. The minimum Gasteiger partial charge on any atom is -0.399 e. The number of hydrogen-bond acceptors (Lipinski definition) is 2. The summed E-state index contributed by atoms with van der Waals surface area (Å²) < 4.78 is 0. The van der Waals surface area contributed by atoms with Gasteiger partial charge in [-0.1, -0.05) is 25.1 Å². The molecule has 0 spiro atoms. The van der Waals surface area contributed by atoms with E-state index in [0.717, 1.165) is 17.8 Å². The molecule has 0 atom stereocenters. The van der Waals surface area contributed by atoms with Gasteiger partial charge in [0.15, 0.2) is 0 Å². The second-order valence-corrected chi connectivity index (χ2v) is 4.59. The molecule has 2 heteroatoms. The van der Waals surface area contributed by atoms with Crippen molar-refractivity contribution in [3.63, 3.8) is 0 Å². The van der Waals surface area contributed by atoms with Crippen molar-refractivity contribution in [3.8, 4) is 0 Å². The summed E-state index contributed by atoms with van der Waals surface area (Å²) in [7, 11) is 2.10. The molecule has 0 saturated heterocycles. The van der Waals surface area contributed by atoms with E-state index in [1.807, 2.05) is 12.1 Å². The zero-order valence-electron chi connectivity index (χ0n) is 11.3. The Balaban J connectivity index is 2.45. The molecule has 0 aliphatic heterocycles. The fourth-order valence-electron chi connectivity index (χ4n) is 2.31. The first-order valence-corrected chi connectivity index (χ1v) is 6.31. The van der Waals surface area contributed by atoms with Crippen molar-refractivity contribution >= 4 is 17.1 Å². The molecule has 0 unspecified atom stereocenters. The van der Waals surface area contributed by atoms with E-state index in [4.69, 9.17) is 5.73 Å². The molecule has 18 heavy (non-hydrogen) atoms. The first kappa shape index (κ1) is 12.5. The number of nitrogens with zero attached hydrogens (tertiary/aromatic N) is 1. The highest BCUT2D eigenvalue weighted by atomic mass is 15.1. The average molecular weight is 240 g/mol. The lowest BCUT2D eigenvalue weighted by molar-refractivity contribution is 1.08. The predicted molar refractivity (Wildman–Crippen MR) is 79.5 cm³/mol. The van der Waals surface area contributed by atoms with Crippen LogP contribution in [0.25, 0.3) is 0 Å². The smallest absolute Gasteiger partial charge is 0.0470 e. The molecule has 2 aromatic rings. The molecule has 2 rings (SSSR count). The second-order valence-electron chi connectivity index (χ2n) is 4.59. The maximum absolute atomic E-state index is 5.73. The van der Waals surface area contributed by atoms with Gasteiger partial charge < -0.3 is 10.6 Å². The van der Waals surface area contributed by atoms with Crippen LogP contribution in [0.5, 0.6) is 0 Å². The third kappa shape index (κ3) is 2.33. The van der Waals surface area contributed by atoms with Crippen molar-refractivity contribution in [3.05, 3.63) is 53.6 Å². The van der Waals surface area contributed by atoms with Crippen molar-refractivity contribution in [2.45, 2.75) is 20.3 Å². The summed E-state index contributed by atoms with van der Waals surface area (Å²) in [5.74, 6) is 0. The Labute approximate surface area is 109 Å². The lowest BCUT2D eigenvalue weighted by Crippen LogP contribution is -2.13. The van der Waals surface area contributed by atoms with Crippen molar-refractivity contribution in [2.24, 2.45) is 0 Å². The normalized spacial score (nSPS) is 10.4. The highest BCUT2D eigenvalue weighted by molar-refractivity contribution is 5.70. The van der Waals surface area contributed by atoms with Crippen LogP contribution in [-0.2, 0) is 6.42 Å². The van der Waals surface area contributed by atoms with E-state index in [-0.39, 0.29) is 0 Å². The summed E-state index contributed by atoms with van der Waals surface area (Å²) in [6.07, 6.45) is 1.04. The topological polar surface area (TPSA) is 29.3 Å². The van der Waals surface area contributed by atoms with E-state index in [2.05, 4.69) is 56.1 Å². The molecule has 0 amide bonds. The van der Waals surface area contributed by atoms with Gasteiger partial charge in [-0.3, -0.25) is 0 Å². The van der Waals surface area contributed by atoms with Crippen molar-refractivity contribution in [2.75, 3.05) is 17.7 Å². The van der Waals surface area contributed by atoms with E-state index in [1.165, 1.54) is 16.8 Å². The van der Waals surface area contributed by atoms with Gasteiger partial charge in [0.05, 0.1) is 0 Å². The van der Waals surface area contributed by atoms with E-state index in [1.54, 1.807) is 0 Å². The van der Waals surface area contributed by atoms with E-state index in [0.29, 0.717) is 0 Å². The summed E-state index contributed by atoms with van der Waals surface area (Å²) in [4.78, 5) is 2.23. The quantitative estimate of drug-likeness (QED) is 0.824. The number of para-hydroxylation sites is 1. The zero-order valence-corrected chi connectivity index (χ0v) is 11.3. The molecule has 0 bridgehead atoms. The van der Waals surface area contributed by atoms with Crippen LogP contribution in [0.2, 0.25) is 0 Å². The van der Waals surface area contributed by atoms with Gasteiger partial charge >= 0.3 is 0 Å². The van der Waals surface area contributed by atoms with Crippen LogP contribution < -0.4 is 10.6 Å². The fourth-order valence-corrected chi connectivity index (χ4v) is 2.31. The first-order valence-electron chi connectivity index (χ1n) is 6.31. The molecule has 0 aromatic heterocycles. The van der Waals surface area contributed by atoms with E-state index >= 15 is 0 Å². The second kappa shape index (κ2) is 5.13. The minimum absolute atomic E-state index is 0.799. The molecule has 0 heterocycles. The number of aryl methyl sites for hydroxylation is 2. The summed E-state index contributed by atoms with van der Waals surface area (Å²) in [6.45, 7) is 4.34. The van der Waals surface area contributed by atoms with Gasteiger partial charge in [0, 0.05) is 24.1 Å². The van der Waals surface area contributed by atoms with E-state index < -0.39 is 0 Å². The van der Waals surface area contributed by atoms with Crippen LogP contribution in [0.15, 0.2) is 42.5 Å². The molecule has 0 saturated carbocycles.